The van der Waals surface area contributed by atoms with Crippen molar-refractivity contribution in [2.75, 3.05) is 27.6 Å². The summed E-state index contributed by atoms with van der Waals surface area (Å²) in [4.78, 5) is 12.2. The zero-order valence-electron chi connectivity index (χ0n) is 13.6. The Morgan fingerprint density at radius 1 is 1.04 bits per heavy atom. The van der Waals surface area contributed by atoms with Gasteiger partial charge in [-0.1, -0.05) is 6.07 Å². The van der Waals surface area contributed by atoms with E-state index in [4.69, 9.17) is 18.9 Å². The van der Waals surface area contributed by atoms with Gasteiger partial charge in [0.2, 0.25) is 6.79 Å². The van der Waals surface area contributed by atoms with Gasteiger partial charge in [-0.25, -0.2) is 0 Å². The monoisotopic (exact) mass is 329 g/mol. The number of ether oxygens (including phenoxy) is 4. The lowest BCUT2D eigenvalue weighted by molar-refractivity contribution is 0.0953. The van der Waals surface area contributed by atoms with E-state index in [-0.39, 0.29) is 12.7 Å². The highest BCUT2D eigenvalue weighted by Gasteiger charge is 2.14. The van der Waals surface area contributed by atoms with Crippen LogP contribution in [0.3, 0.4) is 0 Å². The molecule has 0 aromatic heterocycles. The van der Waals surface area contributed by atoms with Gasteiger partial charge in [0.05, 0.1) is 14.2 Å². The van der Waals surface area contributed by atoms with Crippen molar-refractivity contribution in [1.29, 1.82) is 0 Å². The molecule has 126 valence electrons. The average Bonchev–Trinajstić information content (AvgIpc) is 3.08. The molecule has 0 saturated heterocycles. The molecule has 6 nitrogen and oxygen atoms in total. The normalized spacial score (nSPS) is 11.9. The average molecular weight is 329 g/mol. The maximum atomic E-state index is 12.2. The summed E-state index contributed by atoms with van der Waals surface area (Å²) in [6, 6.07) is 10.9. The molecule has 0 aliphatic carbocycles. The lowest BCUT2D eigenvalue weighted by Gasteiger charge is -2.10. The number of nitrogens with one attached hydrogen (secondary N) is 1. The first kappa shape index (κ1) is 16.0. The minimum Gasteiger partial charge on any atom is -0.493 e. The minimum atomic E-state index is -0.156. The van der Waals surface area contributed by atoms with Gasteiger partial charge in [-0.05, 0) is 42.3 Å². The van der Waals surface area contributed by atoms with Gasteiger partial charge in [-0.2, -0.15) is 0 Å². The molecule has 1 N–H and O–H groups in total. The maximum Gasteiger partial charge on any atom is 0.251 e. The third kappa shape index (κ3) is 3.37. The van der Waals surface area contributed by atoms with Gasteiger partial charge in [0, 0.05) is 12.1 Å². The Bertz CT molecular complexity index is 744. The second-order valence-electron chi connectivity index (χ2n) is 5.26. The van der Waals surface area contributed by atoms with Gasteiger partial charge in [-0.15, -0.1) is 0 Å². The van der Waals surface area contributed by atoms with Crippen molar-refractivity contribution in [2.24, 2.45) is 0 Å². The Balaban J connectivity index is 1.57. The SMILES string of the molecule is COc1ccc(C(=O)NCCc2ccc3c(c2)OCO3)cc1OC. The summed E-state index contributed by atoms with van der Waals surface area (Å²) in [7, 11) is 3.10. The number of rotatable bonds is 6. The summed E-state index contributed by atoms with van der Waals surface area (Å²) < 4.78 is 21.0. The molecule has 0 bridgehead atoms. The van der Waals surface area contributed by atoms with Crippen molar-refractivity contribution in [2.45, 2.75) is 6.42 Å². The molecule has 1 heterocycles. The van der Waals surface area contributed by atoms with Crippen LogP contribution in [-0.4, -0.2) is 33.5 Å². The Morgan fingerprint density at radius 3 is 2.62 bits per heavy atom. The largest absolute Gasteiger partial charge is 0.493 e. The van der Waals surface area contributed by atoms with Crippen molar-refractivity contribution in [3.05, 3.63) is 47.5 Å². The van der Waals surface area contributed by atoms with Gasteiger partial charge >= 0.3 is 0 Å². The molecule has 1 aliphatic rings. The first-order chi connectivity index (χ1) is 11.7. The number of fused-ring (bicyclic) bond motifs is 1. The van der Waals surface area contributed by atoms with Crippen LogP contribution in [0.5, 0.6) is 23.0 Å². The Morgan fingerprint density at radius 2 is 1.83 bits per heavy atom. The fourth-order valence-corrected chi connectivity index (χ4v) is 2.50. The molecule has 2 aromatic carbocycles. The molecular formula is C18H19NO5. The molecule has 1 aliphatic heterocycles. The van der Waals surface area contributed by atoms with Crippen molar-refractivity contribution in [3.8, 4) is 23.0 Å². The van der Waals surface area contributed by atoms with Gasteiger partial charge in [0.25, 0.3) is 5.91 Å². The third-order valence-corrected chi connectivity index (χ3v) is 3.78. The van der Waals surface area contributed by atoms with Gasteiger partial charge in [0.1, 0.15) is 0 Å². The Labute approximate surface area is 140 Å². The zero-order chi connectivity index (χ0) is 16.9. The van der Waals surface area contributed by atoms with Crippen molar-refractivity contribution < 1.29 is 23.7 Å². The smallest absolute Gasteiger partial charge is 0.251 e. The third-order valence-electron chi connectivity index (χ3n) is 3.78. The van der Waals surface area contributed by atoms with Crippen LogP contribution >= 0.6 is 0 Å². The van der Waals surface area contributed by atoms with Crippen LogP contribution in [0.25, 0.3) is 0 Å². The van der Waals surface area contributed by atoms with Crippen molar-refractivity contribution in [3.63, 3.8) is 0 Å². The predicted molar refractivity (Wildman–Crippen MR) is 88.1 cm³/mol. The van der Waals surface area contributed by atoms with Crippen LogP contribution in [0.4, 0.5) is 0 Å². The number of carbonyl (C=O) groups is 1. The van der Waals surface area contributed by atoms with Crippen LogP contribution in [0.15, 0.2) is 36.4 Å². The van der Waals surface area contributed by atoms with E-state index in [0.717, 1.165) is 17.1 Å². The second-order valence-corrected chi connectivity index (χ2v) is 5.26. The van der Waals surface area contributed by atoms with E-state index < -0.39 is 0 Å². The molecule has 0 radical (unpaired) electrons. The Hall–Kier alpha value is -2.89. The van der Waals surface area contributed by atoms with Crippen LogP contribution in [0.2, 0.25) is 0 Å². The molecule has 3 rings (SSSR count). The minimum absolute atomic E-state index is 0.156. The topological polar surface area (TPSA) is 66.0 Å². The first-order valence-corrected chi connectivity index (χ1v) is 7.60. The molecule has 0 fully saturated rings. The fraction of sp³-hybridized carbons (Fsp3) is 0.278. The summed E-state index contributed by atoms with van der Waals surface area (Å²) in [5.41, 5.74) is 1.60. The molecule has 2 aromatic rings. The van der Waals surface area contributed by atoms with Crippen LogP contribution < -0.4 is 24.3 Å². The lowest BCUT2D eigenvalue weighted by Crippen LogP contribution is -2.25. The highest BCUT2D eigenvalue weighted by molar-refractivity contribution is 5.94. The molecule has 1 amide bonds. The quantitative estimate of drug-likeness (QED) is 0.881. The van der Waals surface area contributed by atoms with E-state index in [1.54, 1.807) is 32.4 Å². The van der Waals surface area contributed by atoms with Crippen LogP contribution in [-0.2, 0) is 6.42 Å². The molecule has 6 heteroatoms. The fourth-order valence-electron chi connectivity index (χ4n) is 2.50. The molecule has 24 heavy (non-hydrogen) atoms. The number of benzene rings is 2. The standard InChI is InChI=1S/C18H19NO5/c1-21-14-6-4-13(10-16(14)22-2)18(20)19-8-7-12-3-5-15-17(9-12)24-11-23-15/h3-6,9-10H,7-8,11H2,1-2H3,(H,19,20). The lowest BCUT2D eigenvalue weighted by atomic mass is 10.1. The predicted octanol–water partition coefficient (Wildman–Crippen LogP) is 2.41. The van der Waals surface area contributed by atoms with E-state index in [1.165, 1.54) is 0 Å². The molecule has 0 spiro atoms. The molecular weight excluding hydrogens is 310 g/mol. The van der Waals surface area contributed by atoms with Crippen molar-refractivity contribution in [1.82, 2.24) is 5.32 Å². The number of hydrogen-bond donors (Lipinski definition) is 1. The second kappa shape index (κ2) is 7.12. The Kier molecular flexibility index (Phi) is 4.74. The van der Waals surface area contributed by atoms with Gasteiger partial charge in [-0.3, -0.25) is 4.79 Å². The van der Waals surface area contributed by atoms with E-state index in [0.29, 0.717) is 30.0 Å². The van der Waals surface area contributed by atoms with E-state index in [1.807, 2.05) is 18.2 Å². The summed E-state index contributed by atoms with van der Waals surface area (Å²) in [5, 5.41) is 2.90. The first-order valence-electron chi connectivity index (χ1n) is 7.60. The summed E-state index contributed by atoms with van der Waals surface area (Å²) in [6.07, 6.45) is 0.704. The molecule has 0 atom stereocenters. The van der Waals surface area contributed by atoms with Crippen molar-refractivity contribution >= 4 is 5.91 Å². The van der Waals surface area contributed by atoms with E-state index in [9.17, 15) is 4.79 Å². The summed E-state index contributed by atoms with van der Waals surface area (Å²) >= 11 is 0. The number of carbonyl (C=O) groups excluding carboxylic acids is 1. The number of hydrogen-bond acceptors (Lipinski definition) is 5. The summed E-state index contributed by atoms with van der Waals surface area (Å²) in [6.45, 7) is 0.779. The van der Waals surface area contributed by atoms with Crippen LogP contribution in [0, 0.1) is 0 Å². The summed E-state index contributed by atoms with van der Waals surface area (Å²) in [5.74, 6) is 2.47. The number of amides is 1. The molecule has 0 saturated carbocycles. The number of methoxy groups -OCH3 is 2. The van der Waals surface area contributed by atoms with Gasteiger partial charge in [0.15, 0.2) is 23.0 Å². The van der Waals surface area contributed by atoms with Crippen LogP contribution in [0.1, 0.15) is 15.9 Å². The van der Waals surface area contributed by atoms with Gasteiger partial charge < -0.3 is 24.3 Å². The molecule has 0 unspecified atom stereocenters. The highest BCUT2D eigenvalue weighted by Crippen LogP contribution is 2.32. The highest BCUT2D eigenvalue weighted by atomic mass is 16.7. The van der Waals surface area contributed by atoms with E-state index in [2.05, 4.69) is 5.32 Å². The zero-order valence-corrected chi connectivity index (χ0v) is 13.6. The maximum absolute atomic E-state index is 12.2. The van der Waals surface area contributed by atoms with E-state index >= 15 is 0 Å².